The van der Waals surface area contributed by atoms with Gasteiger partial charge in [0.2, 0.25) is 11.6 Å². The van der Waals surface area contributed by atoms with Gasteiger partial charge in [-0.1, -0.05) is 122 Å². The number of esters is 3. The van der Waals surface area contributed by atoms with E-state index in [2.05, 4.69) is 5.32 Å². The van der Waals surface area contributed by atoms with Crippen molar-refractivity contribution in [2.24, 2.45) is 16.7 Å². The molecule has 3 fully saturated rings. The number of carbonyl (C=O) groups is 6. The molecule has 16 heteroatoms. The van der Waals surface area contributed by atoms with Crippen LogP contribution in [-0.4, -0.2) is 105 Å². The average Bonchev–Trinajstić information content (AvgIpc) is 3.35. The Labute approximate surface area is 432 Å². The maximum absolute atomic E-state index is 16.0. The molecule has 3 aromatic rings. The quantitative estimate of drug-likeness (QED) is 0.0598. The monoisotopic (exact) mass is 1040 g/mol. The minimum Gasteiger partial charge on any atom is -0.456 e. The van der Waals surface area contributed by atoms with Crippen LogP contribution in [0, 0.1) is 16.7 Å². The van der Waals surface area contributed by atoms with Crippen LogP contribution in [0.15, 0.2) is 102 Å². The zero-order valence-corrected chi connectivity index (χ0v) is 46.8. The Hall–Kier alpha value is -5.11. The van der Waals surface area contributed by atoms with E-state index >= 15 is 14.4 Å². The van der Waals surface area contributed by atoms with Gasteiger partial charge in [-0.3, -0.25) is 19.2 Å². The van der Waals surface area contributed by atoms with Crippen molar-refractivity contribution in [3.63, 3.8) is 0 Å². The second-order valence-corrected chi connectivity index (χ2v) is 32.3. The van der Waals surface area contributed by atoms with Gasteiger partial charge in [0, 0.05) is 36.3 Å². The molecule has 2 N–H and O–H groups in total. The average molecular weight is 1040 g/mol. The third kappa shape index (κ3) is 9.76. The Kier molecular flexibility index (Phi) is 15.7. The Morgan fingerprint density at radius 1 is 0.836 bits per heavy atom. The SMILES string of the molecule is CC[Si](CC)(CC)OC1C[C@H]2OC[C@@]2(OC(C)=O)[C@H]2[C@H](OC(=O)c3ccccc3)[C@]3(O)C[C@H](OC(=O)[C@H](O[Si](C)(C)C(C)(C)C)[C@@H](NC(=O)c4ccccc4)c4ccccc4)C(C)=C(C(=O)C(=O)[C@]12C)C3(C)C. The maximum atomic E-state index is 16.0. The highest BCUT2D eigenvalue weighted by Crippen LogP contribution is 2.64. The topological polar surface area (TPSA) is 190 Å². The van der Waals surface area contributed by atoms with Crippen LogP contribution in [0.2, 0.25) is 36.3 Å². The number of fused-ring (bicyclic) bond motifs is 5. The van der Waals surface area contributed by atoms with Crippen molar-refractivity contribution < 1.29 is 61.7 Å². The zero-order valence-electron chi connectivity index (χ0n) is 44.8. The van der Waals surface area contributed by atoms with Gasteiger partial charge in [0.15, 0.2) is 28.3 Å². The molecule has 394 valence electrons. The molecule has 3 aromatic carbocycles. The molecule has 0 aromatic heterocycles. The highest BCUT2D eigenvalue weighted by atomic mass is 28.4. The molecule has 3 aliphatic carbocycles. The van der Waals surface area contributed by atoms with Gasteiger partial charge < -0.3 is 38.2 Å². The molecule has 1 aliphatic heterocycles. The fourth-order valence-corrected chi connectivity index (χ4v) is 15.9. The first-order valence-corrected chi connectivity index (χ1v) is 31.2. The van der Waals surface area contributed by atoms with Crippen molar-refractivity contribution in [2.75, 3.05) is 6.61 Å². The molecule has 1 amide bonds. The van der Waals surface area contributed by atoms with Crippen molar-refractivity contribution in [3.05, 3.63) is 119 Å². The number of Topliss-reactive ketones (excluding diaryl/α,β-unsaturated/α-hetero) is 2. The summed E-state index contributed by atoms with van der Waals surface area (Å²) < 4.78 is 40.2. The van der Waals surface area contributed by atoms with Crippen LogP contribution in [0.3, 0.4) is 0 Å². The lowest BCUT2D eigenvalue weighted by molar-refractivity contribution is -0.342. The van der Waals surface area contributed by atoms with E-state index in [1.54, 1.807) is 113 Å². The fourth-order valence-electron chi connectivity index (χ4n) is 11.8. The summed E-state index contributed by atoms with van der Waals surface area (Å²) in [5.74, 6) is -6.19. The number of nitrogens with one attached hydrogen (secondary N) is 1. The highest BCUT2D eigenvalue weighted by molar-refractivity contribution is 6.74. The number of hydrogen-bond donors (Lipinski definition) is 2. The molecule has 7 rings (SSSR count). The first kappa shape index (κ1) is 55.6. The minimum absolute atomic E-state index is 0.0759. The number of ether oxygens (including phenoxy) is 4. The molecule has 0 radical (unpaired) electrons. The summed E-state index contributed by atoms with van der Waals surface area (Å²) in [4.78, 5) is 89.6. The maximum Gasteiger partial charge on any atom is 0.338 e. The first-order chi connectivity index (χ1) is 34.2. The predicted octanol–water partition coefficient (Wildman–Crippen LogP) is 9.43. The van der Waals surface area contributed by atoms with Crippen LogP contribution in [0.25, 0.3) is 0 Å². The van der Waals surface area contributed by atoms with Crippen LogP contribution in [-0.2, 0) is 47.0 Å². The second kappa shape index (κ2) is 20.5. The summed E-state index contributed by atoms with van der Waals surface area (Å²) in [6.45, 7) is 23.6. The fraction of sp³-hybridized carbons (Fsp3) is 0.544. The van der Waals surface area contributed by atoms with Crippen molar-refractivity contribution >= 4 is 52.0 Å². The number of rotatable bonds is 16. The Morgan fingerprint density at radius 2 is 1.38 bits per heavy atom. The van der Waals surface area contributed by atoms with E-state index in [9.17, 15) is 19.5 Å². The van der Waals surface area contributed by atoms with Gasteiger partial charge in [0.25, 0.3) is 5.91 Å². The summed E-state index contributed by atoms with van der Waals surface area (Å²) in [7, 11) is -5.54. The van der Waals surface area contributed by atoms with Gasteiger partial charge in [-0.2, -0.15) is 0 Å². The molecule has 14 nitrogen and oxygen atoms in total. The lowest BCUT2D eigenvalue weighted by Crippen LogP contribution is -2.82. The normalized spacial score (nSPS) is 28.7. The Balaban J connectivity index is 1.45. The summed E-state index contributed by atoms with van der Waals surface area (Å²) in [5.41, 5.74) is -6.49. The van der Waals surface area contributed by atoms with Gasteiger partial charge in [-0.05, 0) is 85.5 Å². The molecule has 1 saturated heterocycles. The second-order valence-electron chi connectivity index (χ2n) is 22.8. The van der Waals surface area contributed by atoms with Crippen LogP contribution in [0.4, 0.5) is 0 Å². The number of aliphatic hydroxyl groups is 1. The lowest BCUT2D eigenvalue weighted by atomic mass is 9.45. The van der Waals surface area contributed by atoms with Crippen molar-refractivity contribution in [3.8, 4) is 0 Å². The third-order valence-electron chi connectivity index (χ3n) is 17.5. The van der Waals surface area contributed by atoms with E-state index in [-0.39, 0.29) is 29.7 Å². The van der Waals surface area contributed by atoms with Gasteiger partial charge >= 0.3 is 17.9 Å². The molecule has 10 atom stereocenters. The molecule has 1 unspecified atom stereocenters. The van der Waals surface area contributed by atoms with Crippen molar-refractivity contribution in [1.82, 2.24) is 5.32 Å². The Morgan fingerprint density at radius 3 is 1.89 bits per heavy atom. The lowest BCUT2D eigenvalue weighted by Gasteiger charge is -2.67. The van der Waals surface area contributed by atoms with Gasteiger partial charge in [0.05, 0.1) is 35.6 Å². The van der Waals surface area contributed by atoms with Crippen molar-refractivity contribution in [1.29, 1.82) is 0 Å². The molecule has 0 spiro atoms. The van der Waals surface area contributed by atoms with E-state index in [0.717, 1.165) is 0 Å². The van der Waals surface area contributed by atoms with E-state index in [1.165, 1.54) is 6.92 Å². The number of hydrogen-bond acceptors (Lipinski definition) is 13. The molecular weight excluding hydrogens is 963 g/mol. The Bertz CT molecular complexity index is 2600. The number of carbonyl (C=O) groups excluding carboxylic acids is 6. The van der Waals surface area contributed by atoms with Crippen LogP contribution >= 0.6 is 0 Å². The van der Waals surface area contributed by atoms with E-state index in [1.807, 2.05) is 60.7 Å². The first-order valence-electron chi connectivity index (χ1n) is 25.8. The molecule has 1 heterocycles. The molecule has 73 heavy (non-hydrogen) atoms. The highest BCUT2D eigenvalue weighted by Gasteiger charge is 2.78. The minimum atomic E-state index is -2.92. The summed E-state index contributed by atoms with van der Waals surface area (Å²) in [6, 6.07) is 26.7. The standard InChI is InChI=1S/C57H75NO13Si2/c1-14-73(15-2,16-3)70-41-32-42-56(34-66-42,69-36(5)59)47-49(68-51(63)39-30-24-19-25-31-39)57(65)33-40(35(4)43(54(57,9)10)45(60)48(61)55(41,47)11)67-52(64)46(71-72(12,13)53(6,7)8)44(37-26-20-17-21-27-37)58-50(62)38-28-22-18-23-29-38/h17-31,40-42,44,46-47,49,65H,14-16,32-34H2,1-13H3,(H,58,62)/t40-,41?,42+,44-,46+,47-,49-,55+,56-,57+/m0/s1. The predicted molar refractivity (Wildman–Crippen MR) is 279 cm³/mol. The van der Waals surface area contributed by atoms with E-state index in [4.69, 9.17) is 27.8 Å². The number of benzene rings is 3. The van der Waals surface area contributed by atoms with Crippen LogP contribution < -0.4 is 5.32 Å². The van der Waals surface area contributed by atoms with Gasteiger partial charge in [-0.25, -0.2) is 9.59 Å². The molecule has 2 saturated carbocycles. The van der Waals surface area contributed by atoms with Crippen molar-refractivity contribution in [2.45, 2.75) is 173 Å². The smallest absolute Gasteiger partial charge is 0.338 e. The molecular formula is C57H75NO13Si2. The van der Waals surface area contributed by atoms with Gasteiger partial charge in [0.1, 0.15) is 23.9 Å². The number of ketones is 2. The van der Waals surface area contributed by atoms with E-state index in [0.29, 0.717) is 29.3 Å². The van der Waals surface area contributed by atoms with E-state index < -0.39 is 128 Å². The molecule has 2 bridgehead atoms. The summed E-state index contributed by atoms with van der Waals surface area (Å²) in [6.07, 6.45) is -6.90. The molecule has 4 aliphatic rings. The third-order valence-corrected chi connectivity index (χ3v) is 26.6. The largest absolute Gasteiger partial charge is 0.456 e. The summed E-state index contributed by atoms with van der Waals surface area (Å²) in [5, 5.41) is 16.8. The number of amides is 1. The van der Waals surface area contributed by atoms with Crippen LogP contribution in [0.5, 0.6) is 0 Å². The zero-order chi connectivity index (χ0) is 53.7. The van der Waals surface area contributed by atoms with Crippen LogP contribution in [0.1, 0.15) is 121 Å². The summed E-state index contributed by atoms with van der Waals surface area (Å²) >= 11 is 0. The van der Waals surface area contributed by atoms with Gasteiger partial charge in [-0.15, -0.1) is 0 Å².